The van der Waals surface area contributed by atoms with Gasteiger partial charge in [-0.2, -0.15) is 0 Å². The molecule has 1 aliphatic heterocycles. The summed E-state index contributed by atoms with van der Waals surface area (Å²) in [5, 5.41) is 0. The molecule has 7 nitrogen and oxygen atoms in total. The topological polar surface area (TPSA) is 79.0 Å². The number of carbonyl (C=O) groups is 1. The van der Waals surface area contributed by atoms with Crippen molar-refractivity contribution >= 4 is 21.6 Å². The first-order valence-electron chi connectivity index (χ1n) is 8.21. The number of rotatable bonds is 4. The summed E-state index contributed by atoms with van der Waals surface area (Å²) in [6.45, 7) is 3.41. The largest absolute Gasteiger partial charge is 0.488 e. The van der Waals surface area contributed by atoms with Crippen molar-refractivity contribution in [2.75, 3.05) is 45.2 Å². The van der Waals surface area contributed by atoms with Crippen LogP contribution in [0.4, 0.5) is 5.69 Å². The van der Waals surface area contributed by atoms with E-state index in [1.54, 1.807) is 30.1 Å². The molecule has 1 aliphatic rings. The summed E-state index contributed by atoms with van der Waals surface area (Å²) in [5.74, 6) is 0.774. The molecule has 0 radical (unpaired) electrons. The van der Waals surface area contributed by atoms with Crippen LogP contribution in [-0.2, 0) is 21.2 Å². The molecule has 2 rings (SSSR count). The van der Waals surface area contributed by atoms with Gasteiger partial charge in [-0.15, -0.1) is 0 Å². The lowest BCUT2D eigenvalue weighted by Gasteiger charge is -2.29. The Morgan fingerprint density at radius 3 is 2.64 bits per heavy atom. The summed E-state index contributed by atoms with van der Waals surface area (Å²) in [6.07, 6.45) is 1.20. The Balaban J connectivity index is 2.40. The van der Waals surface area contributed by atoms with Gasteiger partial charge in [0.1, 0.15) is 11.9 Å². The van der Waals surface area contributed by atoms with Gasteiger partial charge >= 0.3 is 0 Å². The molecule has 0 spiro atoms. The molecule has 0 saturated heterocycles. The smallest absolute Gasteiger partial charge is 0.229 e. The Hall–Kier alpha value is -1.80. The van der Waals surface area contributed by atoms with Crippen molar-refractivity contribution in [1.82, 2.24) is 9.80 Å². The standard InChI is InChI=1S/C17H27N3O4S/c1-12-10-20(4)17(21)9-13-8-14(18-25(5,22)23)6-7-15(13)24-16(12)11-19(2)3/h6-8,12,16,18H,9-11H2,1-5H3/t12-,16-/m0/s1. The van der Waals surface area contributed by atoms with E-state index < -0.39 is 10.0 Å². The van der Waals surface area contributed by atoms with E-state index >= 15 is 0 Å². The first-order chi connectivity index (χ1) is 11.5. The molecule has 25 heavy (non-hydrogen) atoms. The summed E-state index contributed by atoms with van der Waals surface area (Å²) in [6, 6.07) is 5.06. The van der Waals surface area contributed by atoms with Crippen LogP contribution in [0.15, 0.2) is 18.2 Å². The number of benzene rings is 1. The number of amides is 1. The van der Waals surface area contributed by atoms with Crippen molar-refractivity contribution < 1.29 is 17.9 Å². The van der Waals surface area contributed by atoms with Crippen LogP contribution >= 0.6 is 0 Å². The fraction of sp³-hybridized carbons (Fsp3) is 0.588. The van der Waals surface area contributed by atoms with Gasteiger partial charge in [0.05, 0.1) is 12.7 Å². The minimum atomic E-state index is -3.38. The molecule has 0 aromatic heterocycles. The second kappa shape index (κ2) is 7.61. The predicted molar refractivity (Wildman–Crippen MR) is 98.4 cm³/mol. The third-order valence-corrected chi connectivity index (χ3v) is 4.76. The zero-order valence-corrected chi connectivity index (χ0v) is 16.3. The highest BCUT2D eigenvalue weighted by atomic mass is 32.2. The van der Waals surface area contributed by atoms with E-state index in [1.807, 2.05) is 14.1 Å². The van der Waals surface area contributed by atoms with E-state index in [0.29, 0.717) is 23.5 Å². The summed E-state index contributed by atoms with van der Waals surface area (Å²) in [4.78, 5) is 16.2. The molecule has 0 aliphatic carbocycles. The molecule has 1 N–H and O–H groups in total. The SMILES string of the molecule is C[C@H]1CN(C)C(=O)Cc2cc(NS(C)(=O)=O)ccc2O[C@H]1CN(C)C. The maximum absolute atomic E-state index is 12.5. The molecule has 140 valence electrons. The van der Waals surface area contributed by atoms with Crippen molar-refractivity contribution in [2.24, 2.45) is 5.92 Å². The monoisotopic (exact) mass is 369 g/mol. The molecule has 8 heteroatoms. The lowest BCUT2D eigenvalue weighted by molar-refractivity contribution is -0.129. The van der Waals surface area contributed by atoms with Crippen LogP contribution in [-0.4, -0.2) is 70.7 Å². The number of likely N-dealkylation sites (N-methyl/N-ethyl adjacent to an activating group) is 2. The predicted octanol–water partition coefficient (Wildman–Crippen LogP) is 1.02. The highest BCUT2D eigenvalue weighted by Gasteiger charge is 2.27. The van der Waals surface area contributed by atoms with Crippen LogP contribution in [0.3, 0.4) is 0 Å². The number of fused-ring (bicyclic) bond motifs is 1. The van der Waals surface area contributed by atoms with E-state index in [-0.39, 0.29) is 24.3 Å². The van der Waals surface area contributed by atoms with E-state index in [1.165, 1.54) is 0 Å². The van der Waals surface area contributed by atoms with E-state index in [4.69, 9.17) is 4.74 Å². The molecule has 0 saturated carbocycles. The number of nitrogens with zero attached hydrogens (tertiary/aromatic N) is 2. The molecular weight excluding hydrogens is 342 g/mol. The molecule has 2 atom stereocenters. The molecule has 1 amide bonds. The maximum Gasteiger partial charge on any atom is 0.229 e. The van der Waals surface area contributed by atoms with Crippen LogP contribution in [0.25, 0.3) is 0 Å². The first-order valence-corrected chi connectivity index (χ1v) is 10.1. The zero-order valence-electron chi connectivity index (χ0n) is 15.4. The quantitative estimate of drug-likeness (QED) is 0.857. The molecule has 0 fully saturated rings. The van der Waals surface area contributed by atoms with Gasteiger partial charge < -0.3 is 14.5 Å². The van der Waals surface area contributed by atoms with Crippen LogP contribution in [0, 0.1) is 5.92 Å². The average Bonchev–Trinajstić information content (AvgIpc) is 2.49. The number of hydrogen-bond donors (Lipinski definition) is 1. The third kappa shape index (κ3) is 5.61. The van der Waals surface area contributed by atoms with Crippen LogP contribution in [0.5, 0.6) is 5.75 Å². The number of hydrogen-bond acceptors (Lipinski definition) is 5. The van der Waals surface area contributed by atoms with E-state index in [0.717, 1.165) is 12.8 Å². The van der Waals surface area contributed by atoms with Gasteiger partial charge in [0, 0.05) is 37.3 Å². The van der Waals surface area contributed by atoms with E-state index in [2.05, 4.69) is 16.5 Å². The fourth-order valence-corrected chi connectivity index (χ4v) is 3.47. The molecule has 1 aromatic rings. The van der Waals surface area contributed by atoms with Crippen LogP contribution in [0.1, 0.15) is 12.5 Å². The Labute approximate surface area is 150 Å². The lowest BCUT2D eigenvalue weighted by atomic mass is 10.0. The second-order valence-corrected chi connectivity index (χ2v) is 8.79. The van der Waals surface area contributed by atoms with Crippen molar-refractivity contribution in [3.05, 3.63) is 23.8 Å². The van der Waals surface area contributed by atoms with Crippen molar-refractivity contribution in [3.63, 3.8) is 0 Å². The van der Waals surface area contributed by atoms with Gasteiger partial charge in [-0.25, -0.2) is 8.42 Å². The summed E-state index contributed by atoms with van der Waals surface area (Å²) in [5.41, 5.74) is 1.11. The Morgan fingerprint density at radius 1 is 1.36 bits per heavy atom. The van der Waals surface area contributed by atoms with Gasteiger partial charge in [0.25, 0.3) is 0 Å². The minimum absolute atomic E-state index is 0.0151. The number of sulfonamides is 1. The number of carbonyl (C=O) groups excluding carboxylic acids is 1. The first kappa shape index (κ1) is 19.5. The van der Waals surface area contributed by atoms with Crippen molar-refractivity contribution in [3.8, 4) is 5.75 Å². The van der Waals surface area contributed by atoms with E-state index in [9.17, 15) is 13.2 Å². The Kier molecular flexibility index (Phi) is 5.95. The minimum Gasteiger partial charge on any atom is -0.488 e. The third-order valence-electron chi connectivity index (χ3n) is 4.15. The molecular formula is C17H27N3O4S. The number of anilines is 1. The van der Waals surface area contributed by atoms with Gasteiger partial charge in [0.15, 0.2) is 0 Å². The summed E-state index contributed by atoms with van der Waals surface area (Å²) < 4.78 is 31.6. The normalized spacial score (nSPS) is 21.8. The van der Waals surface area contributed by atoms with Crippen molar-refractivity contribution in [1.29, 1.82) is 0 Å². The van der Waals surface area contributed by atoms with Gasteiger partial charge in [-0.3, -0.25) is 9.52 Å². The highest BCUT2D eigenvalue weighted by molar-refractivity contribution is 7.92. The van der Waals surface area contributed by atoms with Gasteiger partial charge in [0.2, 0.25) is 15.9 Å². The van der Waals surface area contributed by atoms with Crippen molar-refractivity contribution in [2.45, 2.75) is 19.4 Å². The van der Waals surface area contributed by atoms with Gasteiger partial charge in [-0.05, 0) is 32.3 Å². The fourth-order valence-electron chi connectivity index (χ4n) is 2.92. The van der Waals surface area contributed by atoms with Crippen LogP contribution < -0.4 is 9.46 Å². The number of ether oxygens (including phenoxy) is 1. The second-order valence-electron chi connectivity index (χ2n) is 7.04. The zero-order chi connectivity index (χ0) is 18.8. The molecule has 0 unspecified atom stereocenters. The number of nitrogens with one attached hydrogen (secondary N) is 1. The average molecular weight is 369 g/mol. The van der Waals surface area contributed by atoms with Crippen LogP contribution in [0.2, 0.25) is 0 Å². The highest BCUT2D eigenvalue weighted by Crippen LogP contribution is 2.28. The molecule has 1 heterocycles. The summed E-state index contributed by atoms with van der Waals surface area (Å²) in [7, 11) is 2.37. The lowest BCUT2D eigenvalue weighted by Crippen LogP contribution is -2.41. The summed E-state index contributed by atoms with van der Waals surface area (Å²) >= 11 is 0. The molecule has 0 bridgehead atoms. The Bertz CT molecular complexity index is 733. The maximum atomic E-state index is 12.5. The van der Waals surface area contributed by atoms with Gasteiger partial charge in [-0.1, -0.05) is 6.92 Å². The molecule has 1 aromatic carbocycles. The Morgan fingerprint density at radius 2 is 2.04 bits per heavy atom.